The van der Waals surface area contributed by atoms with Gasteiger partial charge in [0.25, 0.3) is 0 Å². The van der Waals surface area contributed by atoms with Gasteiger partial charge in [-0.3, -0.25) is 0 Å². The van der Waals surface area contributed by atoms with E-state index in [0.29, 0.717) is 11.1 Å². The van der Waals surface area contributed by atoms with Crippen LogP contribution in [0.2, 0.25) is 0 Å². The molecule has 4 heteroatoms. The molecule has 0 aliphatic heterocycles. The van der Waals surface area contributed by atoms with Crippen molar-refractivity contribution in [2.45, 2.75) is 38.5 Å². The molecule has 0 fully saturated rings. The molecule has 4 N–H and O–H groups in total. The van der Waals surface area contributed by atoms with E-state index in [-0.39, 0.29) is 6.04 Å². The maximum absolute atomic E-state index is 6.13. The van der Waals surface area contributed by atoms with Crippen molar-refractivity contribution in [1.82, 2.24) is 4.98 Å². The van der Waals surface area contributed by atoms with Crippen molar-refractivity contribution < 1.29 is 0 Å². The molecule has 1 aromatic rings. The molecule has 0 bridgehead atoms. The first-order valence-electron chi connectivity index (χ1n) is 5.63. The van der Waals surface area contributed by atoms with Crippen LogP contribution < -0.4 is 11.5 Å². The van der Waals surface area contributed by atoms with Crippen molar-refractivity contribution in [3.63, 3.8) is 0 Å². The van der Waals surface area contributed by atoms with Crippen LogP contribution in [-0.2, 0) is 0 Å². The second-order valence-electron chi connectivity index (χ2n) is 4.15. The highest BCUT2D eigenvalue weighted by Crippen LogP contribution is 2.24. The predicted molar refractivity (Wildman–Crippen MR) is 72.5 cm³/mol. The highest BCUT2D eigenvalue weighted by atomic mass is 32.2. The normalized spacial score (nSPS) is 14.8. The van der Waals surface area contributed by atoms with Crippen molar-refractivity contribution in [3.05, 3.63) is 23.4 Å². The number of thioether (sulfide) groups is 1. The first-order valence-corrected chi connectivity index (χ1v) is 6.68. The van der Waals surface area contributed by atoms with E-state index in [4.69, 9.17) is 11.5 Å². The monoisotopic (exact) mass is 239 g/mol. The fourth-order valence-electron chi connectivity index (χ4n) is 1.37. The average molecular weight is 239 g/mol. The van der Waals surface area contributed by atoms with Crippen LogP contribution in [0, 0.1) is 6.92 Å². The second-order valence-corrected chi connectivity index (χ2v) is 5.62. The van der Waals surface area contributed by atoms with Crippen LogP contribution in [0.1, 0.15) is 37.4 Å². The Morgan fingerprint density at radius 1 is 1.50 bits per heavy atom. The molecule has 0 aliphatic rings. The number of nitrogens with two attached hydrogens (primary N) is 2. The Morgan fingerprint density at radius 2 is 2.19 bits per heavy atom. The maximum Gasteiger partial charge on any atom is 0.128 e. The van der Waals surface area contributed by atoms with Crippen LogP contribution in [-0.4, -0.2) is 16.0 Å². The highest BCUT2D eigenvalue weighted by Gasteiger charge is 2.12. The lowest BCUT2D eigenvalue weighted by Gasteiger charge is -2.16. The van der Waals surface area contributed by atoms with E-state index in [2.05, 4.69) is 18.8 Å². The van der Waals surface area contributed by atoms with E-state index in [1.54, 1.807) is 6.20 Å². The van der Waals surface area contributed by atoms with Gasteiger partial charge in [-0.2, -0.15) is 11.8 Å². The minimum Gasteiger partial charge on any atom is -0.383 e. The molecule has 1 aromatic heterocycles. The second kappa shape index (κ2) is 6.11. The Hall–Kier alpha value is -0.740. The number of hydrogen-bond acceptors (Lipinski definition) is 4. The number of anilines is 1. The summed E-state index contributed by atoms with van der Waals surface area (Å²) < 4.78 is 0. The van der Waals surface area contributed by atoms with Gasteiger partial charge in [0, 0.05) is 28.8 Å². The number of pyridine rings is 1. The Bertz CT molecular complexity index is 341. The van der Waals surface area contributed by atoms with Crippen molar-refractivity contribution in [2.24, 2.45) is 5.73 Å². The molecule has 0 spiro atoms. The topological polar surface area (TPSA) is 64.9 Å². The summed E-state index contributed by atoms with van der Waals surface area (Å²) in [4.78, 5) is 4.14. The molecule has 0 amide bonds. The van der Waals surface area contributed by atoms with E-state index in [0.717, 1.165) is 16.9 Å². The number of aromatic nitrogens is 1. The van der Waals surface area contributed by atoms with E-state index < -0.39 is 0 Å². The van der Waals surface area contributed by atoms with Gasteiger partial charge in [-0.15, -0.1) is 0 Å². The highest BCUT2D eigenvalue weighted by molar-refractivity contribution is 7.99. The average Bonchev–Trinajstić information content (AvgIpc) is 2.28. The van der Waals surface area contributed by atoms with E-state index in [9.17, 15) is 0 Å². The summed E-state index contributed by atoms with van der Waals surface area (Å²) in [5.41, 5.74) is 14.0. The molecule has 16 heavy (non-hydrogen) atoms. The number of aryl methyl sites for hydroxylation is 1. The minimum atomic E-state index is -0.0219. The van der Waals surface area contributed by atoms with Gasteiger partial charge in [-0.05, 0) is 25.0 Å². The summed E-state index contributed by atoms with van der Waals surface area (Å²) in [6, 6.07) is 2.01. The molecule has 0 saturated carbocycles. The Labute approximate surface area is 102 Å². The molecule has 3 nitrogen and oxygen atoms in total. The molecule has 0 aromatic carbocycles. The van der Waals surface area contributed by atoms with Gasteiger partial charge in [0.1, 0.15) is 5.82 Å². The minimum absolute atomic E-state index is 0.0219. The first kappa shape index (κ1) is 13.3. The molecule has 1 heterocycles. The van der Waals surface area contributed by atoms with Gasteiger partial charge in [0.2, 0.25) is 0 Å². The van der Waals surface area contributed by atoms with Gasteiger partial charge in [0.15, 0.2) is 0 Å². The zero-order valence-electron chi connectivity index (χ0n) is 10.2. The smallest absolute Gasteiger partial charge is 0.128 e. The number of nitrogens with zero attached hydrogens (tertiary/aromatic N) is 1. The third-order valence-electron chi connectivity index (χ3n) is 2.62. The van der Waals surface area contributed by atoms with Crippen LogP contribution in [0.25, 0.3) is 0 Å². The number of rotatable bonds is 5. The van der Waals surface area contributed by atoms with Gasteiger partial charge in [0.05, 0.1) is 0 Å². The third kappa shape index (κ3) is 3.68. The van der Waals surface area contributed by atoms with Crippen molar-refractivity contribution >= 4 is 17.6 Å². The number of nitrogen functional groups attached to an aromatic ring is 1. The summed E-state index contributed by atoms with van der Waals surface area (Å²) in [7, 11) is 0. The Morgan fingerprint density at radius 3 is 2.81 bits per heavy atom. The lowest BCUT2D eigenvalue weighted by atomic mass is 10.1. The standard InChI is InChI=1S/C12H21N3S/c1-4-9(3)16-7-11(13)10-5-8(2)6-15-12(10)14/h5-6,9,11H,4,7,13H2,1-3H3,(H2,14,15). The summed E-state index contributed by atoms with van der Waals surface area (Å²) in [6.45, 7) is 6.41. The van der Waals surface area contributed by atoms with E-state index >= 15 is 0 Å². The molecule has 2 atom stereocenters. The van der Waals surface area contributed by atoms with Crippen LogP contribution in [0.15, 0.2) is 12.3 Å². The van der Waals surface area contributed by atoms with Crippen molar-refractivity contribution in [3.8, 4) is 0 Å². The molecule has 90 valence electrons. The lowest BCUT2D eigenvalue weighted by molar-refractivity contribution is 0.817. The summed E-state index contributed by atoms with van der Waals surface area (Å²) in [6.07, 6.45) is 2.94. The number of hydrogen-bond donors (Lipinski definition) is 2. The van der Waals surface area contributed by atoms with Gasteiger partial charge in [-0.25, -0.2) is 4.98 Å². The zero-order chi connectivity index (χ0) is 12.1. The van der Waals surface area contributed by atoms with Crippen LogP contribution in [0.4, 0.5) is 5.82 Å². The van der Waals surface area contributed by atoms with Gasteiger partial charge in [-0.1, -0.05) is 13.8 Å². The van der Waals surface area contributed by atoms with Gasteiger partial charge >= 0.3 is 0 Å². The maximum atomic E-state index is 6.13. The van der Waals surface area contributed by atoms with E-state index in [1.807, 2.05) is 24.8 Å². The third-order valence-corrected chi connectivity index (χ3v) is 4.07. The fourth-order valence-corrected chi connectivity index (χ4v) is 2.33. The summed E-state index contributed by atoms with van der Waals surface area (Å²) in [5, 5.41) is 0.644. The lowest BCUT2D eigenvalue weighted by Crippen LogP contribution is -2.17. The predicted octanol–water partition coefficient (Wildman–Crippen LogP) is 2.50. The molecular formula is C12H21N3S. The van der Waals surface area contributed by atoms with Crippen molar-refractivity contribution in [2.75, 3.05) is 11.5 Å². The van der Waals surface area contributed by atoms with Crippen molar-refractivity contribution in [1.29, 1.82) is 0 Å². The van der Waals surface area contributed by atoms with Crippen LogP contribution in [0.5, 0.6) is 0 Å². The van der Waals surface area contributed by atoms with Gasteiger partial charge < -0.3 is 11.5 Å². The largest absolute Gasteiger partial charge is 0.383 e. The molecular weight excluding hydrogens is 218 g/mol. The molecule has 1 rings (SSSR count). The summed E-state index contributed by atoms with van der Waals surface area (Å²) >= 11 is 1.89. The molecule has 0 aliphatic carbocycles. The fraction of sp³-hybridized carbons (Fsp3) is 0.583. The molecule has 0 radical (unpaired) electrons. The molecule has 0 saturated heterocycles. The quantitative estimate of drug-likeness (QED) is 0.828. The van der Waals surface area contributed by atoms with Crippen LogP contribution >= 0.6 is 11.8 Å². The van der Waals surface area contributed by atoms with E-state index in [1.165, 1.54) is 6.42 Å². The molecule has 2 unspecified atom stereocenters. The summed E-state index contributed by atoms with van der Waals surface area (Å²) in [5.74, 6) is 1.45. The SMILES string of the molecule is CCC(C)SCC(N)c1cc(C)cnc1N. The Balaban J connectivity index is 2.65. The zero-order valence-corrected chi connectivity index (χ0v) is 11.1. The van der Waals surface area contributed by atoms with Crippen LogP contribution in [0.3, 0.4) is 0 Å². The first-order chi connectivity index (χ1) is 7.54. The Kier molecular flexibility index (Phi) is 5.09.